The van der Waals surface area contributed by atoms with Gasteiger partial charge in [0.15, 0.2) is 0 Å². The summed E-state index contributed by atoms with van der Waals surface area (Å²) < 4.78 is 43.5. The Morgan fingerprint density at radius 2 is 1.78 bits per heavy atom. The summed E-state index contributed by atoms with van der Waals surface area (Å²) in [5, 5.41) is 2.84. The van der Waals surface area contributed by atoms with Crippen molar-refractivity contribution in [3.8, 4) is 0 Å². The highest BCUT2D eigenvalue weighted by molar-refractivity contribution is 5.94. The second-order valence-electron chi connectivity index (χ2n) is 6.08. The molecule has 9 heteroatoms. The Morgan fingerprint density at radius 1 is 1.15 bits per heavy atom. The molecule has 0 spiro atoms. The van der Waals surface area contributed by atoms with Crippen molar-refractivity contribution >= 4 is 5.91 Å². The second kappa shape index (κ2) is 8.45. The third kappa shape index (κ3) is 5.01. The van der Waals surface area contributed by atoms with Gasteiger partial charge in [0.25, 0.3) is 5.91 Å². The topological polar surface area (TPSA) is 67.4 Å². The van der Waals surface area contributed by atoms with E-state index < -0.39 is 12.0 Å². The molecule has 1 amide bonds. The van der Waals surface area contributed by atoms with E-state index in [9.17, 15) is 18.0 Å². The van der Waals surface area contributed by atoms with E-state index in [0.29, 0.717) is 37.4 Å². The summed E-state index contributed by atoms with van der Waals surface area (Å²) in [5.74, 6) is -1.43. The van der Waals surface area contributed by atoms with Crippen molar-refractivity contribution in [2.24, 2.45) is 0 Å². The van der Waals surface area contributed by atoms with Crippen molar-refractivity contribution in [3.05, 3.63) is 59.7 Å². The Kier molecular flexibility index (Phi) is 6.02. The summed E-state index contributed by atoms with van der Waals surface area (Å²) in [4.78, 5) is 21.2. The van der Waals surface area contributed by atoms with Crippen LogP contribution in [-0.2, 0) is 10.9 Å². The average molecular weight is 380 g/mol. The van der Waals surface area contributed by atoms with Crippen LogP contribution in [0.4, 0.5) is 13.2 Å². The van der Waals surface area contributed by atoms with Crippen LogP contribution in [0.25, 0.3) is 0 Å². The second-order valence-corrected chi connectivity index (χ2v) is 6.08. The van der Waals surface area contributed by atoms with Crippen molar-refractivity contribution in [1.82, 2.24) is 20.2 Å². The summed E-state index contributed by atoms with van der Waals surface area (Å²) >= 11 is 0. The molecule has 2 aromatic rings. The number of rotatable bonds is 5. The van der Waals surface area contributed by atoms with E-state index >= 15 is 0 Å². The first kappa shape index (κ1) is 19.2. The smallest absolute Gasteiger partial charge is 0.379 e. The normalized spacial score (nSPS) is 16.7. The van der Waals surface area contributed by atoms with Gasteiger partial charge in [0.2, 0.25) is 5.82 Å². The zero-order valence-electron chi connectivity index (χ0n) is 14.4. The van der Waals surface area contributed by atoms with Gasteiger partial charge >= 0.3 is 6.18 Å². The molecule has 1 aliphatic heterocycles. The van der Waals surface area contributed by atoms with Gasteiger partial charge in [-0.3, -0.25) is 9.69 Å². The van der Waals surface area contributed by atoms with Gasteiger partial charge in [-0.15, -0.1) is 0 Å². The number of amides is 1. The first-order valence-electron chi connectivity index (χ1n) is 8.49. The predicted molar refractivity (Wildman–Crippen MR) is 90.9 cm³/mol. The zero-order valence-corrected chi connectivity index (χ0v) is 14.4. The molecular weight excluding hydrogens is 361 g/mol. The maximum absolute atomic E-state index is 12.7. The summed E-state index contributed by atoms with van der Waals surface area (Å²) in [5.41, 5.74) is 1.03. The molecule has 1 N–H and O–H groups in total. The highest BCUT2D eigenvalue weighted by atomic mass is 19.4. The molecule has 1 unspecified atom stereocenters. The molecule has 6 nitrogen and oxygen atoms in total. The third-order valence-electron chi connectivity index (χ3n) is 4.29. The van der Waals surface area contributed by atoms with Gasteiger partial charge in [0, 0.05) is 43.2 Å². The monoisotopic (exact) mass is 380 g/mol. The number of nitrogens with one attached hydrogen (secondary N) is 1. The fraction of sp³-hybridized carbons (Fsp3) is 0.389. The van der Waals surface area contributed by atoms with E-state index in [-0.39, 0.29) is 18.5 Å². The average Bonchev–Trinajstić information content (AvgIpc) is 2.69. The van der Waals surface area contributed by atoms with E-state index in [2.05, 4.69) is 15.3 Å². The largest absolute Gasteiger partial charge is 0.451 e. The lowest BCUT2D eigenvalue weighted by molar-refractivity contribution is -0.145. The highest BCUT2D eigenvalue weighted by Crippen LogP contribution is 2.27. The van der Waals surface area contributed by atoms with E-state index in [0.717, 1.165) is 0 Å². The fourth-order valence-corrected chi connectivity index (χ4v) is 2.88. The van der Waals surface area contributed by atoms with Gasteiger partial charge in [-0.2, -0.15) is 13.2 Å². The number of morpholine rings is 1. The molecule has 1 saturated heterocycles. The first-order valence-corrected chi connectivity index (χ1v) is 8.49. The first-order chi connectivity index (χ1) is 12.9. The number of halogens is 3. The molecule has 1 atom stereocenters. The zero-order chi connectivity index (χ0) is 19.3. The number of nitrogens with zero attached hydrogens (tertiary/aromatic N) is 3. The molecule has 1 aliphatic rings. The van der Waals surface area contributed by atoms with Crippen LogP contribution in [0.2, 0.25) is 0 Å². The van der Waals surface area contributed by atoms with Crippen LogP contribution in [-0.4, -0.2) is 53.6 Å². The fourth-order valence-electron chi connectivity index (χ4n) is 2.88. The molecule has 27 heavy (non-hydrogen) atoms. The van der Waals surface area contributed by atoms with Crippen LogP contribution in [0.15, 0.2) is 42.7 Å². The number of hydrogen-bond acceptors (Lipinski definition) is 5. The van der Waals surface area contributed by atoms with Crippen molar-refractivity contribution in [2.45, 2.75) is 12.2 Å². The molecule has 1 fully saturated rings. The van der Waals surface area contributed by atoms with Gasteiger partial charge in [0.1, 0.15) is 0 Å². The van der Waals surface area contributed by atoms with Crippen molar-refractivity contribution < 1.29 is 22.7 Å². The summed E-state index contributed by atoms with van der Waals surface area (Å²) in [7, 11) is 0. The summed E-state index contributed by atoms with van der Waals surface area (Å²) in [6.07, 6.45) is -2.25. The van der Waals surface area contributed by atoms with Crippen LogP contribution < -0.4 is 5.32 Å². The molecular formula is C18H19F3N4O2. The van der Waals surface area contributed by atoms with Gasteiger partial charge in [-0.1, -0.05) is 18.2 Å². The van der Waals surface area contributed by atoms with Crippen molar-refractivity contribution in [3.63, 3.8) is 0 Å². The van der Waals surface area contributed by atoms with E-state index in [1.54, 1.807) is 24.3 Å². The Labute approximate surface area is 154 Å². The Hall–Kier alpha value is -2.52. The Balaban J connectivity index is 1.75. The SMILES string of the molecule is O=C(NCC(c1cnc(C(F)(F)F)nc1)N1CCOCC1)c1ccccc1. The van der Waals surface area contributed by atoms with Crippen molar-refractivity contribution in [1.29, 1.82) is 0 Å². The lowest BCUT2D eigenvalue weighted by atomic mass is 10.1. The summed E-state index contributed by atoms with van der Waals surface area (Å²) in [6.45, 7) is 2.47. The number of ether oxygens (including phenoxy) is 1. The van der Waals surface area contributed by atoms with Crippen LogP contribution in [0, 0.1) is 0 Å². The Bertz CT molecular complexity index is 747. The third-order valence-corrected chi connectivity index (χ3v) is 4.29. The molecule has 0 bridgehead atoms. The Morgan fingerprint density at radius 3 is 2.37 bits per heavy atom. The minimum absolute atomic E-state index is 0.225. The summed E-state index contributed by atoms with van der Waals surface area (Å²) in [6, 6.07) is 8.38. The van der Waals surface area contributed by atoms with Gasteiger partial charge in [0.05, 0.1) is 19.3 Å². The maximum atomic E-state index is 12.7. The number of carbonyl (C=O) groups is 1. The van der Waals surface area contributed by atoms with Gasteiger partial charge in [-0.05, 0) is 12.1 Å². The van der Waals surface area contributed by atoms with Crippen LogP contribution in [0.1, 0.15) is 27.8 Å². The van der Waals surface area contributed by atoms with E-state index in [1.807, 2.05) is 11.0 Å². The van der Waals surface area contributed by atoms with Crippen LogP contribution >= 0.6 is 0 Å². The van der Waals surface area contributed by atoms with Crippen molar-refractivity contribution in [2.75, 3.05) is 32.8 Å². The number of aromatic nitrogens is 2. The molecule has 0 radical (unpaired) electrons. The molecule has 0 saturated carbocycles. The van der Waals surface area contributed by atoms with Crippen LogP contribution in [0.5, 0.6) is 0 Å². The number of carbonyl (C=O) groups excluding carboxylic acids is 1. The van der Waals surface area contributed by atoms with Crippen LogP contribution in [0.3, 0.4) is 0 Å². The molecule has 1 aromatic heterocycles. The lowest BCUT2D eigenvalue weighted by Crippen LogP contribution is -2.44. The molecule has 2 heterocycles. The van der Waals surface area contributed by atoms with E-state index in [4.69, 9.17) is 4.74 Å². The predicted octanol–water partition coefficient (Wildman–Crippen LogP) is 2.30. The molecule has 0 aliphatic carbocycles. The lowest BCUT2D eigenvalue weighted by Gasteiger charge is -2.34. The van der Waals surface area contributed by atoms with E-state index in [1.165, 1.54) is 12.4 Å². The van der Waals surface area contributed by atoms with Gasteiger partial charge < -0.3 is 10.1 Å². The quantitative estimate of drug-likeness (QED) is 0.862. The maximum Gasteiger partial charge on any atom is 0.451 e. The minimum atomic E-state index is -4.59. The van der Waals surface area contributed by atoms with Gasteiger partial charge in [-0.25, -0.2) is 9.97 Å². The number of hydrogen-bond donors (Lipinski definition) is 1. The number of alkyl halides is 3. The highest BCUT2D eigenvalue weighted by Gasteiger charge is 2.35. The molecule has 3 rings (SSSR count). The minimum Gasteiger partial charge on any atom is -0.379 e. The number of benzene rings is 1. The standard InChI is InChI=1S/C18H19F3N4O2/c19-18(20,21)17-23-10-14(11-24-17)15(25-6-8-27-9-7-25)12-22-16(26)13-4-2-1-3-5-13/h1-5,10-11,15H,6-9,12H2,(H,22,26). The molecule has 1 aromatic carbocycles. The molecule has 144 valence electrons.